The molecule has 3 aromatic rings. The van der Waals surface area contributed by atoms with Crippen molar-refractivity contribution < 1.29 is 14.1 Å². The van der Waals surface area contributed by atoms with Crippen molar-refractivity contribution in [3.05, 3.63) is 51.4 Å². The Kier molecular flexibility index (Phi) is 3.29. The Hall–Kier alpha value is -2.52. The highest BCUT2D eigenvalue weighted by atomic mass is 32.2. The van der Waals surface area contributed by atoms with Crippen molar-refractivity contribution in [2.24, 2.45) is 7.05 Å². The molecule has 1 N–H and O–H groups in total. The predicted octanol–water partition coefficient (Wildman–Crippen LogP) is 1.62. The van der Waals surface area contributed by atoms with Gasteiger partial charge in [0.25, 0.3) is 0 Å². The molecule has 0 saturated carbocycles. The monoisotopic (exact) mass is 361 g/mol. The molecular formula is C15H11N3O4S2. The van der Waals surface area contributed by atoms with E-state index in [1.165, 1.54) is 26.7 Å². The van der Waals surface area contributed by atoms with Gasteiger partial charge in [0.15, 0.2) is 5.69 Å². The van der Waals surface area contributed by atoms with Crippen molar-refractivity contribution in [3.63, 3.8) is 0 Å². The summed E-state index contributed by atoms with van der Waals surface area (Å²) in [6.45, 7) is 0. The van der Waals surface area contributed by atoms with Crippen LogP contribution in [-0.2, 0) is 23.6 Å². The molecule has 122 valence electrons. The van der Waals surface area contributed by atoms with Crippen LogP contribution < -0.4 is 5.56 Å². The summed E-state index contributed by atoms with van der Waals surface area (Å²) >= 11 is 1.38. The first-order chi connectivity index (χ1) is 11.5. The maximum absolute atomic E-state index is 12.4. The fraction of sp³-hybridized carbons (Fsp3) is 0.133. The van der Waals surface area contributed by atoms with Crippen LogP contribution in [0.15, 0.2) is 38.8 Å². The molecule has 9 heteroatoms. The Balaban J connectivity index is 2.06. The summed E-state index contributed by atoms with van der Waals surface area (Å²) in [7, 11) is 0.339. The summed E-state index contributed by atoms with van der Waals surface area (Å²) in [4.78, 5) is 23.2. The first-order valence-corrected chi connectivity index (χ1v) is 9.15. The molecule has 7 nitrogen and oxygen atoms in total. The lowest BCUT2D eigenvalue weighted by Gasteiger charge is -2.15. The van der Waals surface area contributed by atoms with Crippen LogP contribution in [0.5, 0.6) is 0 Å². The van der Waals surface area contributed by atoms with Crippen LogP contribution in [0.2, 0.25) is 0 Å². The Morgan fingerprint density at radius 3 is 2.88 bits per heavy atom. The van der Waals surface area contributed by atoms with Crippen molar-refractivity contribution in [2.45, 2.75) is 9.96 Å². The van der Waals surface area contributed by atoms with E-state index < -0.39 is 16.8 Å². The number of pyridine rings is 1. The zero-order valence-corrected chi connectivity index (χ0v) is 14.1. The second-order valence-corrected chi connectivity index (χ2v) is 7.90. The van der Waals surface area contributed by atoms with Gasteiger partial charge < -0.3 is 9.67 Å². The van der Waals surface area contributed by atoms with Gasteiger partial charge in [-0.15, -0.1) is 11.3 Å². The third-order valence-corrected chi connectivity index (χ3v) is 6.60. The normalized spacial score (nSPS) is 15.8. The number of carboxylic acids is 1. The minimum absolute atomic E-state index is 0.107. The fourth-order valence-electron chi connectivity index (χ4n) is 2.77. The first kappa shape index (κ1) is 15.0. The summed E-state index contributed by atoms with van der Waals surface area (Å²) in [6, 6.07) is 4.82. The largest absolute Gasteiger partial charge is 0.476 e. The fourth-order valence-corrected chi connectivity index (χ4v) is 5.24. The number of aromatic nitrogens is 3. The number of carboxylic acid groups (broad SMARTS) is 1. The Bertz CT molecular complexity index is 1080. The number of hydrogen-bond donors (Lipinski definition) is 1. The molecule has 4 rings (SSSR count). The van der Waals surface area contributed by atoms with Crippen LogP contribution in [0.3, 0.4) is 0 Å². The lowest BCUT2D eigenvalue weighted by atomic mass is 10.1. The number of carbonyl (C=O) groups is 1. The minimum atomic E-state index is -1.28. The number of hydrogen-bond acceptors (Lipinski definition) is 5. The van der Waals surface area contributed by atoms with Crippen LogP contribution >= 0.6 is 11.3 Å². The van der Waals surface area contributed by atoms with Crippen LogP contribution in [0.1, 0.15) is 16.1 Å². The topological polar surface area (TPSA) is 94.2 Å². The summed E-state index contributed by atoms with van der Waals surface area (Å²) < 4.78 is 16.0. The lowest BCUT2D eigenvalue weighted by Crippen LogP contribution is -2.16. The molecule has 1 aliphatic rings. The highest BCUT2D eigenvalue weighted by Gasteiger charge is 2.32. The molecular weight excluding hydrogens is 350 g/mol. The summed E-state index contributed by atoms with van der Waals surface area (Å²) in [5.41, 5.74) is 2.11. The zero-order valence-electron chi connectivity index (χ0n) is 12.4. The van der Waals surface area contributed by atoms with Gasteiger partial charge in [0.2, 0.25) is 5.56 Å². The maximum Gasteiger partial charge on any atom is 0.356 e. The quantitative estimate of drug-likeness (QED) is 0.748. The first-order valence-electron chi connectivity index (χ1n) is 6.96. The maximum atomic E-state index is 12.4. The van der Waals surface area contributed by atoms with Crippen molar-refractivity contribution in [1.29, 1.82) is 0 Å². The SMILES string of the molecule is Cn1cc(-n2nc(C(=O)O)c3c2-c2ccsc2S(=O)C3)ccc1=O. The molecule has 0 fully saturated rings. The molecule has 0 radical (unpaired) electrons. The highest BCUT2D eigenvalue weighted by molar-refractivity contribution is 7.86. The standard InChI is InChI=1S/C15H11N3O4S2/c1-17-6-8(2-3-11(17)19)18-13-9-4-5-23-15(9)24(22)7-10(13)12(16-18)14(20)21/h2-6H,7H2,1H3,(H,20,21). The molecule has 24 heavy (non-hydrogen) atoms. The molecule has 0 aromatic carbocycles. The average Bonchev–Trinajstić information content (AvgIpc) is 3.14. The van der Waals surface area contributed by atoms with E-state index in [4.69, 9.17) is 0 Å². The Morgan fingerprint density at radius 2 is 2.17 bits per heavy atom. The second kappa shape index (κ2) is 5.25. The van der Waals surface area contributed by atoms with Crippen LogP contribution in [-0.4, -0.2) is 29.6 Å². The Labute approximate surface area is 142 Å². The smallest absolute Gasteiger partial charge is 0.356 e. The molecule has 0 aliphatic carbocycles. The number of thiophene rings is 1. The van der Waals surface area contributed by atoms with Gasteiger partial charge in [-0.3, -0.25) is 9.00 Å². The van der Waals surface area contributed by atoms with E-state index >= 15 is 0 Å². The number of rotatable bonds is 2. The molecule has 0 saturated heterocycles. The molecule has 3 aromatic heterocycles. The molecule has 1 aliphatic heterocycles. The van der Waals surface area contributed by atoms with Crippen LogP contribution in [0.4, 0.5) is 0 Å². The summed E-state index contributed by atoms with van der Waals surface area (Å²) in [5, 5.41) is 15.5. The van der Waals surface area contributed by atoms with E-state index in [-0.39, 0.29) is 17.0 Å². The van der Waals surface area contributed by atoms with Crippen molar-refractivity contribution in [2.75, 3.05) is 0 Å². The second-order valence-electron chi connectivity index (χ2n) is 5.34. The van der Waals surface area contributed by atoms with Crippen LogP contribution in [0.25, 0.3) is 16.9 Å². The molecule has 0 spiro atoms. The predicted molar refractivity (Wildman–Crippen MR) is 89.2 cm³/mol. The lowest BCUT2D eigenvalue weighted by molar-refractivity contribution is 0.0689. The van der Waals surface area contributed by atoms with Crippen molar-refractivity contribution >= 4 is 28.1 Å². The van der Waals surface area contributed by atoms with E-state index in [0.29, 0.717) is 21.2 Å². The van der Waals surface area contributed by atoms with Crippen LogP contribution in [0, 0.1) is 0 Å². The number of aromatic carboxylic acids is 1. The van der Waals surface area contributed by atoms with Gasteiger partial charge in [0, 0.05) is 30.4 Å². The van der Waals surface area contributed by atoms with Gasteiger partial charge in [-0.1, -0.05) is 0 Å². The third-order valence-electron chi connectivity index (χ3n) is 3.87. The average molecular weight is 361 g/mol. The number of aryl methyl sites for hydroxylation is 1. The molecule has 4 heterocycles. The number of nitrogens with zero attached hydrogens (tertiary/aromatic N) is 3. The highest BCUT2D eigenvalue weighted by Crippen LogP contribution is 2.41. The minimum Gasteiger partial charge on any atom is -0.476 e. The van der Waals surface area contributed by atoms with E-state index in [1.54, 1.807) is 19.3 Å². The van der Waals surface area contributed by atoms with E-state index in [2.05, 4.69) is 5.10 Å². The zero-order chi connectivity index (χ0) is 17.0. The molecule has 0 amide bonds. The number of fused-ring (bicyclic) bond motifs is 3. The molecule has 1 atom stereocenters. The van der Waals surface area contributed by atoms with Crippen molar-refractivity contribution in [1.82, 2.24) is 14.3 Å². The van der Waals surface area contributed by atoms with Gasteiger partial charge in [-0.25, -0.2) is 9.48 Å². The van der Waals surface area contributed by atoms with Gasteiger partial charge in [0.1, 0.15) is 4.21 Å². The summed E-state index contributed by atoms with van der Waals surface area (Å²) in [5.74, 6) is -1.04. The van der Waals surface area contributed by atoms with E-state index in [1.807, 2.05) is 11.4 Å². The van der Waals surface area contributed by atoms with Crippen molar-refractivity contribution in [3.8, 4) is 16.9 Å². The molecule has 1 unspecified atom stereocenters. The Morgan fingerprint density at radius 1 is 1.38 bits per heavy atom. The van der Waals surface area contributed by atoms with Gasteiger partial charge in [0.05, 0.1) is 27.9 Å². The molecule has 0 bridgehead atoms. The van der Waals surface area contributed by atoms with Gasteiger partial charge >= 0.3 is 5.97 Å². The van der Waals surface area contributed by atoms with E-state index in [0.717, 1.165) is 5.56 Å². The summed E-state index contributed by atoms with van der Waals surface area (Å²) in [6.07, 6.45) is 1.60. The third kappa shape index (κ3) is 2.09. The van der Waals surface area contributed by atoms with Gasteiger partial charge in [-0.2, -0.15) is 5.10 Å². The van der Waals surface area contributed by atoms with Gasteiger partial charge in [-0.05, 0) is 17.5 Å². The van der Waals surface area contributed by atoms with E-state index in [9.17, 15) is 18.9 Å².